The zero-order chi connectivity index (χ0) is 15.5. The number of esters is 1. The van der Waals surface area contributed by atoms with E-state index in [1.54, 1.807) is 42.1 Å². The molecule has 3 rings (SSSR count). The van der Waals surface area contributed by atoms with Gasteiger partial charge >= 0.3 is 5.97 Å². The summed E-state index contributed by atoms with van der Waals surface area (Å²) in [6, 6.07) is 10.3. The average Bonchev–Trinajstić information content (AvgIpc) is 3.01. The van der Waals surface area contributed by atoms with E-state index in [9.17, 15) is 4.79 Å². The summed E-state index contributed by atoms with van der Waals surface area (Å²) in [5, 5.41) is 0. The average molecular weight is 318 g/mol. The van der Waals surface area contributed by atoms with E-state index in [0.717, 1.165) is 4.90 Å². The maximum Gasteiger partial charge on any atom is 0.347 e. The van der Waals surface area contributed by atoms with E-state index < -0.39 is 5.97 Å². The number of thioether (sulfide) groups is 1. The van der Waals surface area contributed by atoms with E-state index in [0.29, 0.717) is 28.6 Å². The standard InChI is InChI=1S/C16H14O5S/c1-18-14-8-11(22-2)4-5-12(14)16(17)21-10-3-6-13-15(7-10)20-9-19-13/h3-8H,9H2,1-2H3. The molecular formula is C16H14O5S. The first-order valence-corrected chi connectivity index (χ1v) is 7.77. The highest BCUT2D eigenvalue weighted by atomic mass is 32.2. The van der Waals surface area contributed by atoms with E-state index in [4.69, 9.17) is 18.9 Å². The van der Waals surface area contributed by atoms with Crippen molar-refractivity contribution in [1.82, 2.24) is 0 Å². The van der Waals surface area contributed by atoms with Crippen molar-refractivity contribution in [2.75, 3.05) is 20.2 Å². The van der Waals surface area contributed by atoms with Crippen molar-refractivity contribution < 1.29 is 23.7 Å². The van der Waals surface area contributed by atoms with Gasteiger partial charge in [-0.05, 0) is 36.6 Å². The molecule has 0 fully saturated rings. The van der Waals surface area contributed by atoms with Gasteiger partial charge in [-0.25, -0.2) is 4.79 Å². The summed E-state index contributed by atoms with van der Waals surface area (Å²) in [4.78, 5) is 13.3. The lowest BCUT2D eigenvalue weighted by Gasteiger charge is -2.10. The molecule has 114 valence electrons. The summed E-state index contributed by atoms with van der Waals surface area (Å²) in [6.45, 7) is 0.177. The van der Waals surface area contributed by atoms with Gasteiger partial charge in [-0.2, -0.15) is 0 Å². The SMILES string of the molecule is COc1cc(SC)ccc1C(=O)Oc1ccc2c(c1)OCO2. The first-order chi connectivity index (χ1) is 10.7. The van der Waals surface area contributed by atoms with Gasteiger partial charge in [-0.3, -0.25) is 0 Å². The Labute approximate surface area is 132 Å². The molecule has 0 aliphatic carbocycles. The molecule has 22 heavy (non-hydrogen) atoms. The van der Waals surface area contributed by atoms with Crippen molar-refractivity contribution in [2.24, 2.45) is 0 Å². The third-order valence-corrected chi connectivity index (χ3v) is 3.91. The van der Waals surface area contributed by atoms with Crippen LogP contribution in [0.3, 0.4) is 0 Å². The zero-order valence-corrected chi connectivity index (χ0v) is 12.9. The number of rotatable bonds is 4. The fourth-order valence-corrected chi connectivity index (χ4v) is 2.50. The Morgan fingerprint density at radius 1 is 1.14 bits per heavy atom. The molecule has 1 aliphatic rings. The van der Waals surface area contributed by atoms with Crippen molar-refractivity contribution in [3.05, 3.63) is 42.0 Å². The molecule has 0 atom stereocenters. The van der Waals surface area contributed by atoms with Crippen LogP contribution in [0.5, 0.6) is 23.0 Å². The highest BCUT2D eigenvalue weighted by molar-refractivity contribution is 7.98. The van der Waals surface area contributed by atoms with Crippen LogP contribution in [0, 0.1) is 0 Å². The summed E-state index contributed by atoms with van der Waals surface area (Å²) in [5.41, 5.74) is 0.373. The Hall–Kier alpha value is -2.34. The second-order valence-corrected chi connectivity index (χ2v) is 5.35. The molecular weight excluding hydrogens is 304 g/mol. The van der Waals surface area contributed by atoms with Crippen LogP contribution in [0.15, 0.2) is 41.3 Å². The maximum absolute atomic E-state index is 12.3. The summed E-state index contributed by atoms with van der Waals surface area (Å²) >= 11 is 1.57. The van der Waals surface area contributed by atoms with E-state index in [-0.39, 0.29) is 6.79 Å². The van der Waals surface area contributed by atoms with Crippen LogP contribution >= 0.6 is 11.8 Å². The molecule has 0 spiro atoms. The van der Waals surface area contributed by atoms with Crippen molar-refractivity contribution >= 4 is 17.7 Å². The molecule has 0 radical (unpaired) electrons. The van der Waals surface area contributed by atoms with Gasteiger partial charge in [0.1, 0.15) is 17.1 Å². The van der Waals surface area contributed by atoms with Gasteiger partial charge in [0.15, 0.2) is 11.5 Å². The Kier molecular flexibility index (Phi) is 4.11. The van der Waals surface area contributed by atoms with Crippen molar-refractivity contribution in [1.29, 1.82) is 0 Å². The predicted molar refractivity (Wildman–Crippen MR) is 82.3 cm³/mol. The minimum absolute atomic E-state index is 0.177. The molecule has 0 aromatic heterocycles. The number of methoxy groups -OCH3 is 1. The largest absolute Gasteiger partial charge is 0.496 e. The molecule has 0 amide bonds. The summed E-state index contributed by atoms with van der Waals surface area (Å²) in [5.74, 6) is 1.60. The monoisotopic (exact) mass is 318 g/mol. The molecule has 1 aliphatic heterocycles. The van der Waals surface area contributed by atoms with Gasteiger partial charge < -0.3 is 18.9 Å². The van der Waals surface area contributed by atoms with Gasteiger partial charge in [-0.15, -0.1) is 11.8 Å². The van der Waals surface area contributed by atoms with Gasteiger partial charge in [0.05, 0.1) is 7.11 Å². The second kappa shape index (κ2) is 6.19. The number of fused-ring (bicyclic) bond motifs is 1. The molecule has 6 heteroatoms. The summed E-state index contributed by atoms with van der Waals surface area (Å²) in [7, 11) is 1.52. The molecule has 2 aromatic carbocycles. The van der Waals surface area contributed by atoms with Crippen LogP contribution in [0.2, 0.25) is 0 Å². The van der Waals surface area contributed by atoms with Crippen LogP contribution in [-0.4, -0.2) is 26.1 Å². The quantitative estimate of drug-likeness (QED) is 0.489. The molecule has 0 unspecified atom stereocenters. The van der Waals surface area contributed by atoms with E-state index in [1.165, 1.54) is 7.11 Å². The van der Waals surface area contributed by atoms with Crippen molar-refractivity contribution in [3.63, 3.8) is 0 Å². The van der Waals surface area contributed by atoms with Gasteiger partial charge in [0.25, 0.3) is 0 Å². The zero-order valence-electron chi connectivity index (χ0n) is 12.1. The van der Waals surface area contributed by atoms with Gasteiger partial charge in [0.2, 0.25) is 6.79 Å². The molecule has 0 N–H and O–H groups in total. The first kappa shape index (κ1) is 14.6. The van der Waals surface area contributed by atoms with Crippen molar-refractivity contribution in [3.8, 4) is 23.0 Å². The Morgan fingerprint density at radius 3 is 2.73 bits per heavy atom. The summed E-state index contributed by atoms with van der Waals surface area (Å²) in [6.07, 6.45) is 1.96. The van der Waals surface area contributed by atoms with E-state index in [2.05, 4.69) is 0 Å². The number of hydrogen-bond donors (Lipinski definition) is 0. The Morgan fingerprint density at radius 2 is 1.95 bits per heavy atom. The maximum atomic E-state index is 12.3. The lowest BCUT2D eigenvalue weighted by Crippen LogP contribution is -2.10. The highest BCUT2D eigenvalue weighted by Crippen LogP contribution is 2.35. The normalized spacial score (nSPS) is 12.1. The van der Waals surface area contributed by atoms with Crippen LogP contribution in [0.4, 0.5) is 0 Å². The number of ether oxygens (including phenoxy) is 4. The number of benzene rings is 2. The number of carbonyl (C=O) groups excluding carboxylic acids is 1. The highest BCUT2D eigenvalue weighted by Gasteiger charge is 2.18. The lowest BCUT2D eigenvalue weighted by molar-refractivity contribution is 0.0731. The molecule has 1 heterocycles. The third kappa shape index (κ3) is 2.82. The molecule has 0 bridgehead atoms. The molecule has 0 saturated carbocycles. The fraction of sp³-hybridized carbons (Fsp3) is 0.188. The van der Waals surface area contributed by atoms with E-state index >= 15 is 0 Å². The lowest BCUT2D eigenvalue weighted by atomic mass is 10.2. The fourth-order valence-electron chi connectivity index (χ4n) is 2.07. The topological polar surface area (TPSA) is 54.0 Å². The van der Waals surface area contributed by atoms with Gasteiger partial charge in [0, 0.05) is 11.0 Å². The molecule has 5 nitrogen and oxygen atoms in total. The number of carbonyl (C=O) groups is 1. The van der Waals surface area contributed by atoms with E-state index in [1.807, 2.05) is 12.3 Å². The predicted octanol–water partition coefficient (Wildman–Crippen LogP) is 3.37. The Bertz CT molecular complexity index is 714. The van der Waals surface area contributed by atoms with Gasteiger partial charge in [-0.1, -0.05) is 0 Å². The van der Waals surface area contributed by atoms with Crippen LogP contribution in [0.25, 0.3) is 0 Å². The second-order valence-electron chi connectivity index (χ2n) is 4.47. The third-order valence-electron chi connectivity index (χ3n) is 3.18. The molecule has 0 saturated heterocycles. The van der Waals surface area contributed by atoms with Crippen LogP contribution in [-0.2, 0) is 0 Å². The van der Waals surface area contributed by atoms with Crippen LogP contribution in [0.1, 0.15) is 10.4 Å². The molecule has 2 aromatic rings. The van der Waals surface area contributed by atoms with Crippen molar-refractivity contribution in [2.45, 2.75) is 4.90 Å². The van der Waals surface area contributed by atoms with Crippen LogP contribution < -0.4 is 18.9 Å². The minimum atomic E-state index is -0.483. The smallest absolute Gasteiger partial charge is 0.347 e. The summed E-state index contributed by atoms with van der Waals surface area (Å²) < 4.78 is 21.1. The Balaban J connectivity index is 1.82. The first-order valence-electron chi connectivity index (χ1n) is 6.55. The minimum Gasteiger partial charge on any atom is -0.496 e. The number of hydrogen-bond acceptors (Lipinski definition) is 6.